The van der Waals surface area contributed by atoms with Gasteiger partial charge in [0, 0.05) is 6.20 Å². The lowest BCUT2D eigenvalue weighted by Crippen LogP contribution is -1.89. The van der Waals surface area contributed by atoms with Crippen LogP contribution in [-0.2, 0) is 0 Å². The molecule has 0 fully saturated rings. The average Bonchev–Trinajstić information content (AvgIpc) is 2.86. The molecule has 1 radical (unpaired) electrons. The Bertz CT molecular complexity index is 504. The van der Waals surface area contributed by atoms with Gasteiger partial charge < -0.3 is 0 Å². The number of benzene rings is 1. The first kappa shape index (κ1) is 7.76. The van der Waals surface area contributed by atoms with Crippen LogP contribution in [0.2, 0.25) is 0 Å². The molecule has 1 aliphatic heterocycles. The first-order valence-corrected chi connectivity index (χ1v) is 5.19. The van der Waals surface area contributed by atoms with Crippen molar-refractivity contribution in [3.63, 3.8) is 0 Å². The number of fused-ring (bicyclic) bond motifs is 1. The van der Waals surface area contributed by atoms with E-state index in [0.717, 1.165) is 16.2 Å². The van der Waals surface area contributed by atoms with Crippen molar-refractivity contribution in [1.82, 2.24) is 10.3 Å². The molecular formula is C11H7N2S. The fourth-order valence-corrected chi connectivity index (χ4v) is 2.35. The van der Waals surface area contributed by atoms with E-state index in [1.165, 1.54) is 4.70 Å². The number of aromatic nitrogens is 1. The molecule has 2 aromatic rings. The number of thiazole rings is 1. The van der Waals surface area contributed by atoms with Crippen molar-refractivity contribution in [1.29, 1.82) is 0 Å². The number of rotatable bonds is 1. The van der Waals surface area contributed by atoms with Gasteiger partial charge in [0.25, 0.3) is 0 Å². The Labute approximate surface area is 85.6 Å². The van der Waals surface area contributed by atoms with Crippen molar-refractivity contribution in [3.8, 4) is 0 Å². The molecule has 1 aromatic heterocycles. The van der Waals surface area contributed by atoms with Gasteiger partial charge in [-0.1, -0.05) is 12.1 Å². The van der Waals surface area contributed by atoms with Crippen molar-refractivity contribution in [2.45, 2.75) is 0 Å². The molecule has 0 saturated carbocycles. The van der Waals surface area contributed by atoms with E-state index in [2.05, 4.69) is 16.4 Å². The fraction of sp³-hybridized carbons (Fsp3) is 0. The third-order valence-electron chi connectivity index (χ3n) is 2.07. The summed E-state index contributed by atoms with van der Waals surface area (Å²) in [6.45, 7) is 0. The summed E-state index contributed by atoms with van der Waals surface area (Å²) in [4.78, 5) is 4.51. The van der Waals surface area contributed by atoms with Crippen LogP contribution in [0.25, 0.3) is 15.9 Å². The molecule has 3 rings (SSSR count). The largest absolute Gasteiger partial charge is 0.254 e. The zero-order valence-electron chi connectivity index (χ0n) is 7.34. The van der Waals surface area contributed by atoms with Crippen LogP contribution < -0.4 is 5.32 Å². The highest BCUT2D eigenvalue weighted by Crippen LogP contribution is 2.27. The van der Waals surface area contributed by atoms with E-state index in [0.29, 0.717) is 0 Å². The quantitative estimate of drug-likeness (QED) is 0.693. The second kappa shape index (κ2) is 2.96. The van der Waals surface area contributed by atoms with Gasteiger partial charge in [0.15, 0.2) is 0 Å². The van der Waals surface area contributed by atoms with Crippen molar-refractivity contribution in [3.05, 3.63) is 47.6 Å². The maximum Gasteiger partial charge on any atom is 0.143 e. The number of hydrogen-bond acceptors (Lipinski definition) is 2. The van der Waals surface area contributed by atoms with Crippen LogP contribution in [0.5, 0.6) is 0 Å². The number of allylic oxidation sites excluding steroid dienone is 2. The van der Waals surface area contributed by atoms with E-state index < -0.39 is 0 Å². The summed E-state index contributed by atoms with van der Waals surface area (Å²) in [7, 11) is 0. The Morgan fingerprint density at radius 2 is 2.07 bits per heavy atom. The van der Waals surface area contributed by atoms with Crippen LogP contribution in [0, 0.1) is 0 Å². The van der Waals surface area contributed by atoms with Crippen molar-refractivity contribution in [2.24, 2.45) is 0 Å². The van der Waals surface area contributed by atoms with Gasteiger partial charge in [-0.05, 0) is 24.3 Å². The predicted molar refractivity (Wildman–Crippen MR) is 58.9 cm³/mol. The van der Waals surface area contributed by atoms with Gasteiger partial charge in [0.2, 0.25) is 0 Å². The molecule has 3 heteroatoms. The Morgan fingerprint density at radius 3 is 2.86 bits per heavy atom. The summed E-state index contributed by atoms with van der Waals surface area (Å²) < 4.78 is 1.21. The number of hydrogen-bond donors (Lipinski definition) is 0. The van der Waals surface area contributed by atoms with E-state index >= 15 is 0 Å². The second-order valence-electron chi connectivity index (χ2n) is 3.01. The molecule has 0 spiro atoms. The molecule has 0 unspecified atom stereocenters. The summed E-state index contributed by atoms with van der Waals surface area (Å²) in [5.41, 5.74) is 2.02. The summed E-state index contributed by atoms with van der Waals surface area (Å²) in [5.74, 6) is 0. The first-order chi connectivity index (χ1) is 6.93. The average molecular weight is 199 g/mol. The van der Waals surface area contributed by atoms with Gasteiger partial charge in [-0.25, -0.2) is 4.98 Å². The standard InChI is InChI=1S/C11H7N2S/c1-2-6-10-8(4-1)13-11(14-10)9-5-3-7-12-9/h1-7H. The fourth-order valence-electron chi connectivity index (χ4n) is 1.41. The van der Waals surface area contributed by atoms with Gasteiger partial charge in [-0.15, -0.1) is 11.3 Å². The lowest BCUT2D eigenvalue weighted by atomic mass is 10.3. The van der Waals surface area contributed by atoms with E-state index in [4.69, 9.17) is 0 Å². The highest BCUT2D eigenvalue weighted by molar-refractivity contribution is 7.19. The Hall–Kier alpha value is -1.61. The molecule has 14 heavy (non-hydrogen) atoms. The van der Waals surface area contributed by atoms with Crippen LogP contribution in [0.3, 0.4) is 0 Å². The molecule has 2 heterocycles. The van der Waals surface area contributed by atoms with Gasteiger partial charge in [0.1, 0.15) is 5.01 Å². The molecule has 1 aromatic carbocycles. The van der Waals surface area contributed by atoms with Crippen LogP contribution in [0.4, 0.5) is 0 Å². The molecule has 0 atom stereocenters. The SMILES string of the molecule is C1=C[N]C(c2nc3ccccc3s2)=C1. The normalized spacial score (nSPS) is 14.4. The third kappa shape index (κ3) is 1.14. The van der Waals surface area contributed by atoms with Crippen LogP contribution in [0.1, 0.15) is 5.01 Å². The molecule has 0 bridgehead atoms. The van der Waals surface area contributed by atoms with Crippen molar-refractivity contribution < 1.29 is 0 Å². The van der Waals surface area contributed by atoms with E-state index in [9.17, 15) is 0 Å². The van der Waals surface area contributed by atoms with Crippen LogP contribution in [0.15, 0.2) is 42.6 Å². The minimum Gasteiger partial charge on any atom is -0.254 e. The lowest BCUT2D eigenvalue weighted by molar-refractivity contribution is 1.21. The van der Waals surface area contributed by atoms with Crippen molar-refractivity contribution in [2.75, 3.05) is 0 Å². The molecular weight excluding hydrogens is 192 g/mol. The second-order valence-corrected chi connectivity index (χ2v) is 4.04. The molecule has 0 N–H and O–H groups in total. The summed E-state index contributed by atoms with van der Waals surface area (Å²) in [5, 5.41) is 5.23. The molecule has 67 valence electrons. The monoisotopic (exact) mass is 199 g/mol. The Balaban J connectivity index is 2.15. The van der Waals surface area contributed by atoms with E-state index in [-0.39, 0.29) is 0 Å². The minimum atomic E-state index is 0.964. The predicted octanol–water partition coefficient (Wildman–Crippen LogP) is 2.77. The Kier molecular flexibility index (Phi) is 1.64. The summed E-state index contributed by atoms with van der Waals surface area (Å²) in [6, 6.07) is 8.14. The van der Waals surface area contributed by atoms with Gasteiger partial charge >= 0.3 is 0 Å². The van der Waals surface area contributed by atoms with Gasteiger partial charge in [-0.2, -0.15) is 0 Å². The zero-order chi connectivity index (χ0) is 9.38. The van der Waals surface area contributed by atoms with Crippen LogP contribution >= 0.6 is 11.3 Å². The van der Waals surface area contributed by atoms with Gasteiger partial charge in [0.05, 0.1) is 15.9 Å². The first-order valence-electron chi connectivity index (χ1n) is 4.37. The maximum atomic E-state index is 4.51. The van der Waals surface area contributed by atoms with Crippen molar-refractivity contribution >= 4 is 27.3 Å². The van der Waals surface area contributed by atoms with Crippen LogP contribution in [-0.4, -0.2) is 4.98 Å². The Morgan fingerprint density at radius 1 is 1.14 bits per heavy atom. The highest BCUT2D eigenvalue weighted by atomic mass is 32.1. The maximum absolute atomic E-state index is 4.51. The summed E-state index contributed by atoms with van der Waals surface area (Å²) in [6.07, 6.45) is 5.71. The molecule has 0 amide bonds. The highest BCUT2D eigenvalue weighted by Gasteiger charge is 2.09. The minimum absolute atomic E-state index is 0.964. The number of para-hydroxylation sites is 1. The molecule has 0 saturated heterocycles. The third-order valence-corrected chi connectivity index (χ3v) is 3.13. The smallest absolute Gasteiger partial charge is 0.143 e. The van der Waals surface area contributed by atoms with E-state index in [1.807, 2.05) is 30.4 Å². The van der Waals surface area contributed by atoms with E-state index in [1.54, 1.807) is 17.5 Å². The molecule has 2 nitrogen and oxygen atoms in total. The lowest BCUT2D eigenvalue weighted by Gasteiger charge is -1.91. The number of nitrogens with zero attached hydrogens (tertiary/aromatic N) is 2. The van der Waals surface area contributed by atoms with Gasteiger partial charge in [-0.3, -0.25) is 5.32 Å². The molecule has 1 aliphatic rings. The zero-order valence-corrected chi connectivity index (χ0v) is 8.16. The summed E-state index contributed by atoms with van der Waals surface area (Å²) >= 11 is 1.68. The molecule has 0 aliphatic carbocycles. The topological polar surface area (TPSA) is 27.0 Å².